The molecule has 1 rings (SSSR count). The number of nitrogens with zero attached hydrogens (tertiary/aromatic N) is 2. The van der Waals surface area contributed by atoms with E-state index >= 15 is 0 Å². The van der Waals surface area contributed by atoms with Gasteiger partial charge in [-0.25, -0.2) is 4.98 Å². The van der Waals surface area contributed by atoms with Crippen molar-refractivity contribution < 1.29 is 5.11 Å². The molecule has 0 aliphatic rings. The molecule has 0 atom stereocenters. The second kappa shape index (κ2) is 8.06. The summed E-state index contributed by atoms with van der Waals surface area (Å²) in [5, 5.41) is 12.4. The van der Waals surface area contributed by atoms with Crippen molar-refractivity contribution in [3.05, 3.63) is 23.4 Å². The highest BCUT2D eigenvalue weighted by Gasteiger charge is 2.09. The fourth-order valence-electron chi connectivity index (χ4n) is 2.04. The molecule has 1 heterocycles. The van der Waals surface area contributed by atoms with E-state index in [1.54, 1.807) is 0 Å². The number of anilines is 1. The number of nitrogens with one attached hydrogen (secondary N) is 1. The van der Waals surface area contributed by atoms with Crippen LogP contribution in [0.5, 0.6) is 0 Å². The van der Waals surface area contributed by atoms with Gasteiger partial charge in [-0.15, -0.1) is 0 Å². The van der Waals surface area contributed by atoms with Crippen molar-refractivity contribution in [3.8, 4) is 0 Å². The Bertz CT molecular complexity index is 349. The largest absolute Gasteiger partial charge is 0.395 e. The number of pyridine rings is 1. The van der Waals surface area contributed by atoms with Gasteiger partial charge in [0.05, 0.1) is 6.61 Å². The number of aryl methyl sites for hydroxylation is 1. The quantitative estimate of drug-likeness (QED) is 0.738. The van der Waals surface area contributed by atoms with E-state index in [2.05, 4.69) is 42.0 Å². The summed E-state index contributed by atoms with van der Waals surface area (Å²) in [6.45, 7) is 9.89. The minimum Gasteiger partial charge on any atom is -0.395 e. The predicted octanol–water partition coefficient (Wildman–Crippen LogP) is 1.71. The van der Waals surface area contributed by atoms with Crippen LogP contribution in [-0.4, -0.2) is 36.3 Å². The fraction of sp³-hybridized carbons (Fsp3) is 0.643. The highest BCUT2D eigenvalue weighted by molar-refractivity contribution is 5.47. The smallest absolute Gasteiger partial charge is 0.131 e. The van der Waals surface area contributed by atoms with Gasteiger partial charge in [0.25, 0.3) is 0 Å². The van der Waals surface area contributed by atoms with Gasteiger partial charge in [-0.3, -0.25) is 0 Å². The Morgan fingerprint density at radius 1 is 1.33 bits per heavy atom. The lowest BCUT2D eigenvalue weighted by Crippen LogP contribution is -2.29. The van der Waals surface area contributed by atoms with Crippen molar-refractivity contribution >= 4 is 5.82 Å². The molecule has 4 heteroatoms. The molecule has 1 aromatic heterocycles. The molecule has 0 spiro atoms. The van der Waals surface area contributed by atoms with Crippen LogP contribution in [0.2, 0.25) is 0 Å². The van der Waals surface area contributed by atoms with Crippen LogP contribution in [0.1, 0.15) is 31.4 Å². The number of rotatable bonds is 8. The zero-order chi connectivity index (χ0) is 13.4. The van der Waals surface area contributed by atoms with Crippen molar-refractivity contribution in [3.63, 3.8) is 0 Å². The Hall–Kier alpha value is -1.13. The van der Waals surface area contributed by atoms with Gasteiger partial charge in [-0.05, 0) is 37.1 Å². The number of aliphatic hydroxyl groups excluding tert-OH is 1. The normalized spacial score (nSPS) is 10.7. The van der Waals surface area contributed by atoms with Gasteiger partial charge in [0, 0.05) is 25.8 Å². The van der Waals surface area contributed by atoms with E-state index < -0.39 is 0 Å². The third kappa shape index (κ3) is 4.27. The highest BCUT2D eigenvalue weighted by atomic mass is 16.3. The monoisotopic (exact) mass is 251 g/mol. The molecule has 0 fully saturated rings. The van der Waals surface area contributed by atoms with Gasteiger partial charge in [0.2, 0.25) is 0 Å². The van der Waals surface area contributed by atoms with Gasteiger partial charge in [0.15, 0.2) is 0 Å². The second-order valence-electron chi connectivity index (χ2n) is 4.48. The molecule has 0 saturated carbocycles. The Balaban J connectivity index is 2.81. The summed E-state index contributed by atoms with van der Waals surface area (Å²) >= 11 is 0. The average molecular weight is 251 g/mol. The summed E-state index contributed by atoms with van der Waals surface area (Å²) in [5.74, 6) is 0.992. The summed E-state index contributed by atoms with van der Waals surface area (Å²) in [5.41, 5.74) is 2.38. The number of aliphatic hydroxyl groups is 1. The molecule has 0 radical (unpaired) electrons. The first-order valence-electron chi connectivity index (χ1n) is 6.74. The van der Waals surface area contributed by atoms with Crippen LogP contribution in [0.25, 0.3) is 0 Å². The molecule has 0 aromatic carbocycles. The van der Waals surface area contributed by atoms with Crippen LogP contribution < -0.4 is 10.2 Å². The molecule has 1 aromatic rings. The van der Waals surface area contributed by atoms with Gasteiger partial charge in [0.1, 0.15) is 5.82 Å². The van der Waals surface area contributed by atoms with Crippen molar-refractivity contribution in [1.29, 1.82) is 0 Å². The van der Waals surface area contributed by atoms with E-state index in [-0.39, 0.29) is 6.61 Å². The minimum absolute atomic E-state index is 0.167. The molecule has 0 saturated heterocycles. The lowest BCUT2D eigenvalue weighted by molar-refractivity contribution is 0.301. The standard InChI is InChI=1S/C14H25N3O/c1-4-6-17(7-8-18)14-12(3)9-13(11-16-14)10-15-5-2/h9,11,15,18H,4-8,10H2,1-3H3. The first kappa shape index (κ1) is 14.9. The van der Waals surface area contributed by atoms with Crippen molar-refractivity contribution in [1.82, 2.24) is 10.3 Å². The Kier molecular flexibility index (Phi) is 6.68. The lowest BCUT2D eigenvalue weighted by atomic mass is 10.2. The van der Waals surface area contributed by atoms with E-state index in [4.69, 9.17) is 5.11 Å². The molecule has 4 nitrogen and oxygen atoms in total. The molecule has 0 aliphatic carbocycles. The Morgan fingerprint density at radius 2 is 2.11 bits per heavy atom. The van der Waals surface area contributed by atoms with E-state index in [9.17, 15) is 0 Å². The molecule has 0 unspecified atom stereocenters. The molecule has 18 heavy (non-hydrogen) atoms. The van der Waals surface area contributed by atoms with E-state index in [1.807, 2.05) is 6.20 Å². The predicted molar refractivity (Wildman–Crippen MR) is 75.9 cm³/mol. The SMILES string of the molecule is CCCN(CCO)c1ncc(CNCC)cc1C. The molecule has 102 valence electrons. The topological polar surface area (TPSA) is 48.4 Å². The average Bonchev–Trinajstić information content (AvgIpc) is 2.36. The Morgan fingerprint density at radius 3 is 2.67 bits per heavy atom. The zero-order valence-electron chi connectivity index (χ0n) is 11.7. The Labute approximate surface area is 110 Å². The van der Waals surface area contributed by atoms with Gasteiger partial charge in [-0.1, -0.05) is 13.8 Å². The van der Waals surface area contributed by atoms with E-state index in [1.165, 1.54) is 11.1 Å². The van der Waals surface area contributed by atoms with E-state index in [0.717, 1.165) is 31.9 Å². The third-order valence-corrected chi connectivity index (χ3v) is 2.85. The van der Waals surface area contributed by atoms with Crippen LogP contribution in [0.4, 0.5) is 5.82 Å². The molecule has 0 bridgehead atoms. The van der Waals surface area contributed by atoms with Crippen LogP contribution in [-0.2, 0) is 6.54 Å². The third-order valence-electron chi connectivity index (χ3n) is 2.85. The maximum Gasteiger partial charge on any atom is 0.131 e. The second-order valence-corrected chi connectivity index (χ2v) is 4.48. The number of hydrogen-bond acceptors (Lipinski definition) is 4. The van der Waals surface area contributed by atoms with Gasteiger partial charge >= 0.3 is 0 Å². The van der Waals surface area contributed by atoms with Crippen LogP contribution in [0, 0.1) is 6.92 Å². The number of aromatic nitrogens is 1. The zero-order valence-corrected chi connectivity index (χ0v) is 11.7. The first-order valence-corrected chi connectivity index (χ1v) is 6.74. The first-order chi connectivity index (χ1) is 8.72. The lowest BCUT2D eigenvalue weighted by Gasteiger charge is -2.24. The maximum atomic E-state index is 9.11. The van der Waals surface area contributed by atoms with Gasteiger partial charge in [-0.2, -0.15) is 0 Å². The molecular weight excluding hydrogens is 226 g/mol. The fourth-order valence-corrected chi connectivity index (χ4v) is 2.04. The molecular formula is C14H25N3O. The summed E-state index contributed by atoms with van der Waals surface area (Å²) in [7, 11) is 0. The van der Waals surface area contributed by atoms with E-state index in [0.29, 0.717) is 6.54 Å². The molecule has 0 aliphatic heterocycles. The van der Waals surface area contributed by atoms with Gasteiger partial charge < -0.3 is 15.3 Å². The summed E-state index contributed by atoms with van der Waals surface area (Å²) < 4.78 is 0. The maximum absolute atomic E-state index is 9.11. The minimum atomic E-state index is 0.167. The summed E-state index contributed by atoms with van der Waals surface area (Å²) in [6, 6.07) is 2.17. The van der Waals surface area contributed by atoms with Crippen LogP contribution in [0.3, 0.4) is 0 Å². The number of hydrogen-bond donors (Lipinski definition) is 2. The van der Waals surface area contributed by atoms with Crippen molar-refractivity contribution in [2.24, 2.45) is 0 Å². The van der Waals surface area contributed by atoms with Crippen LogP contribution in [0.15, 0.2) is 12.3 Å². The van der Waals surface area contributed by atoms with Crippen molar-refractivity contribution in [2.45, 2.75) is 33.7 Å². The summed E-state index contributed by atoms with van der Waals surface area (Å²) in [6.07, 6.45) is 2.98. The highest BCUT2D eigenvalue weighted by Crippen LogP contribution is 2.18. The van der Waals surface area contributed by atoms with Crippen molar-refractivity contribution in [2.75, 3.05) is 31.1 Å². The summed E-state index contributed by atoms with van der Waals surface area (Å²) in [4.78, 5) is 6.69. The molecule has 2 N–H and O–H groups in total. The van der Waals surface area contributed by atoms with Crippen LogP contribution >= 0.6 is 0 Å². The molecule has 0 amide bonds.